The van der Waals surface area contributed by atoms with Gasteiger partial charge < -0.3 is 15.4 Å². The summed E-state index contributed by atoms with van der Waals surface area (Å²) in [5.41, 5.74) is 1.72. The van der Waals surface area contributed by atoms with Gasteiger partial charge in [-0.2, -0.15) is 0 Å². The number of benzene rings is 3. The number of thiophene rings is 1. The summed E-state index contributed by atoms with van der Waals surface area (Å²) in [6, 6.07) is 19.6. The molecule has 2 amide bonds. The monoisotopic (exact) mass is 464 g/mol. The summed E-state index contributed by atoms with van der Waals surface area (Å²) in [5, 5.41) is 5.47. The van der Waals surface area contributed by atoms with Crippen molar-refractivity contribution in [1.29, 1.82) is 0 Å². The topological polar surface area (TPSA) is 67.4 Å². The van der Waals surface area contributed by atoms with Gasteiger partial charge in [-0.25, -0.2) is 8.78 Å². The molecular weight excluding hydrogens is 446 g/mol. The SMILES string of the molecule is COc1ccc(NC(=O)c2ccc(-c3ccc(F)cc3)s2)cc1NC(=O)c1cccc(F)c1. The van der Waals surface area contributed by atoms with E-state index in [0.29, 0.717) is 22.0 Å². The normalized spacial score (nSPS) is 10.5. The Hall–Kier alpha value is -4.04. The van der Waals surface area contributed by atoms with Gasteiger partial charge in [0, 0.05) is 16.1 Å². The molecule has 166 valence electrons. The van der Waals surface area contributed by atoms with Gasteiger partial charge in [0.05, 0.1) is 17.7 Å². The van der Waals surface area contributed by atoms with E-state index in [4.69, 9.17) is 4.74 Å². The Morgan fingerprint density at radius 1 is 0.818 bits per heavy atom. The molecule has 0 aliphatic rings. The molecule has 0 aliphatic heterocycles. The minimum Gasteiger partial charge on any atom is -0.495 e. The minimum absolute atomic E-state index is 0.151. The van der Waals surface area contributed by atoms with Gasteiger partial charge >= 0.3 is 0 Å². The van der Waals surface area contributed by atoms with Gasteiger partial charge in [-0.3, -0.25) is 9.59 Å². The van der Waals surface area contributed by atoms with Crippen LogP contribution in [0.4, 0.5) is 20.2 Å². The summed E-state index contributed by atoms with van der Waals surface area (Å²) in [4.78, 5) is 26.5. The first-order valence-electron chi connectivity index (χ1n) is 9.85. The van der Waals surface area contributed by atoms with E-state index < -0.39 is 11.7 Å². The molecule has 0 radical (unpaired) electrons. The lowest BCUT2D eigenvalue weighted by molar-refractivity contribution is 0.102. The first-order valence-corrected chi connectivity index (χ1v) is 10.7. The van der Waals surface area contributed by atoms with E-state index in [0.717, 1.165) is 16.5 Å². The summed E-state index contributed by atoms with van der Waals surface area (Å²) in [6.07, 6.45) is 0. The van der Waals surface area contributed by atoms with E-state index in [9.17, 15) is 18.4 Å². The lowest BCUT2D eigenvalue weighted by Gasteiger charge is -2.13. The Labute approximate surface area is 192 Å². The fourth-order valence-corrected chi connectivity index (χ4v) is 4.04. The number of hydrogen-bond acceptors (Lipinski definition) is 4. The summed E-state index contributed by atoms with van der Waals surface area (Å²) < 4.78 is 31.9. The molecule has 0 spiro atoms. The number of carbonyl (C=O) groups excluding carboxylic acids is 2. The van der Waals surface area contributed by atoms with Crippen molar-refractivity contribution in [2.45, 2.75) is 0 Å². The molecule has 3 aromatic carbocycles. The Kier molecular flexibility index (Phi) is 6.46. The Bertz CT molecular complexity index is 1320. The highest BCUT2D eigenvalue weighted by Crippen LogP contribution is 2.31. The van der Waals surface area contributed by atoms with Crippen LogP contribution in [0.25, 0.3) is 10.4 Å². The Balaban J connectivity index is 1.51. The third kappa shape index (κ3) is 5.24. The van der Waals surface area contributed by atoms with E-state index in [1.54, 1.807) is 42.5 Å². The molecule has 0 aliphatic carbocycles. The quantitative estimate of drug-likeness (QED) is 0.357. The average Bonchev–Trinajstić information content (AvgIpc) is 3.30. The van der Waals surface area contributed by atoms with Crippen LogP contribution in [0.15, 0.2) is 78.9 Å². The zero-order chi connectivity index (χ0) is 23.4. The summed E-state index contributed by atoms with van der Waals surface area (Å²) in [6.45, 7) is 0. The molecule has 0 atom stereocenters. The van der Waals surface area contributed by atoms with Gasteiger partial charge in [0.15, 0.2) is 0 Å². The van der Waals surface area contributed by atoms with E-state index in [-0.39, 0.29) is 17.3 Å². The lowest BCUT2D eigenvalue weighted by Crippen LogP contribution is -2.14. The molecule has 0 saturated carbocycles. The second-order valence-electron chi connectivity index (χ2n) is 7.00. The number of hydrogen-bond donors (Lipinski definition) is 2. The number of amides is 2. The standard InChI is InChI=1S/C25H18F2N2O3S/c1-32-21-10-9-19(14-20(21)29-24(30)16-3-2-4-18(27)13-16)28-25(31)23-12-11-22(33-23)15-5-7-17(26)8-6-15/h2-14H,1H3,(H,28,31)(H,29,30). The predicted molar refractivity (Wildman–Crippen MR) is 125 cm³/mol. The van der Waals surface area contributed by atoms with E-state index in [1.807, 2.05) is 0 Å². The van der Waals surface area contributed by atoms with E-state index in [1.165, 1.54) is 48.8 Å². The Morgan fingerprint density at radius 2 is 1.61 bits per heavy atom. The van der Waals surface area contributed by atoms with Gasteiger partial charge in [-0.15, -0.1) is 11.3 Å². The number of ether oxygens (including phenoxy) is 1. The van der Waals surface area contributed by atoms with Crippen molar-refractivity contribution in [3.63, 3.8) is 0 Å². The van der Waals surface area contributed by atoms with E-state index >= 15 is 0 Å². The molecule has 0 bridgehead atoms. The maximum Gasteiger partial charge on any atom is 0.265 e. The van der Waals surface area contributed by atoms with Gasteiger partial charge in [-0.1, -0.05) is 18.2 Å². The zero-order valence-corrected chi connectivity index (χ0v) is 18.2. The van der Waals surface area contributed by atoms with Crippen LogP contribution in [0.3, 0.4) is 0 Å². The lowest BCUT2D eigenvalue weighted by atomic mass is 10.2. The summed E-state index contributed by atoms with van der Waals surface area (Å²) in [7, 11) is 1.45. The first-order chi connectivity index (χ1) is 15.9. The molecule has 4 rings (SSSR count). The van der Waals surface area contributed by atoms with Gasteiger partial charge in [0.25, 0.3) is 11.8 Å². The van der Waals surface area contributed by atoms with Crippen molar-refractivity contribution < 1.29 is 23.1 Å². The molecular formula is C25H18F2N2O3S. The molecule has 8 heteroatoms. The number of anilines is 2. The van der Waals surface area contributed by atoms with Gasteiger partial charge in [0.2, 0.25) is 0 Å². The molecule has 1 aromatic heterocycles. The molecule has 0 unspecified atom stereocenters. The van der Waals surface area contributed by atoms with E-state index in [2.05, 4.69) is 10.6 Å². The van der Waals surface area contributed by atoms with Crippen molar-refractivity contribution in [2.24, 2.45) is 0 Å². The van der Waals surface area contributed by atoms with Crippen LogP contribution >= 0.6 is 11.3 Å². The van der Waals surface area contributed by atoms with Crippen LogP contribution in [0.5, 0.6) is 5.75 Å². The largest absolute Gasteiger partial charge is 0.495 e. The molecule has 4 aromatic rings. The molecule has 0 fully saturated rings. The maximum absolute atomic E-state index is 13.4. The summed E-state index contributed by atoms with van der Waals surface area (Å²) >= 11 is 1.28. The van der Waals surface area contributed by atoms with Crippen molar-refractivity contribution in [3.05, 3.63) is 101 Å². The number of halogens is 2. The second-order valence-corrected chi connectivity index (χ2v) is 8.09. The molecule has 1 heterocycles. The van der Waals surface area contributed by atoms with Crippen molar-refractivity contribution in [2.75, 3.05) is 17.7 Å². The maximum atomic E-state index is 13.4. The highest BCUT2D eigenvalue weighted by atomic mass is 32.1. The second kappa shape index (κ2) is 9.62. The average molecular weight is 464 g/mol. The highest BCUT2D eigenvalue weighted by molar-refractivity contribution is 7.17. The van der Waals surface area contributed by atoms with Crippen molar-refractivity contribution in [3.8, 4) is 16.2 Å². The van der Waals surface area contributed by atoms with Gasteiger partial charge in [-0.05, 0) is 66.2 Å². The molecule has 33 heavy (non-hydrogen) atoms. The van der Waals surface area contributed by atoms with Gasteiger partial charge in [0.1, 0.15) is 17.4 Å². The van der Waals surface area contributed by atoms with Crippen LogP contribution in [-0.2, 0) is 0 Å². The number of nitrogens with one attached hydrogen (secondary N) is 2. The van der Waals surface area contributed by atoms with Crippen LogP contribution in [0.2, 0.25) is 0 Å². The summed E-state index contributed by atoms with van der Waals surface area (Å²) in [5.74, 6) is -1.31. The molecule has 5 nitrogen and oxygen atoms in total. The smallest absolute Gasteiger partial charge is 0.265 e. The fraction of sp³-hybridized carbons (Fsp3) is 0.0400. The van der Waals surface area contributed by atoms with Crippen LogP contribution < -0.4 is 15.4 Å². The molecule has 2 N–H and O–H groups in total. The highest BCUT2D eigenvalue weighted by Gasteiger charge is 2.14. The minimum atomic E-state index is -0.522. The number of methoxy groups -OCH3 is 1. The van der Waals surface area contributed by atoms with Crippen LogP contribution in [0, 0.1) is 11.6 Å². The number of carbonyl (C=O) groups is 2. The van der Waals surface area contributed by atoms with Crippen LogP contribution in [-0.4, -0.2) is 18.9 Å². The Morgan fingerprint density at radius 3 is 2.33 bits per heavy atom. The third-order valence-electron chi connectivity index (χ3n) is 4.75. The van der Waals surface area contributed by atoms with Crippen molar-refractivity contribution in [1.82, 2.24) is 0 Å². The first kappa shape index (κ1) is 22.2. The molecule has 0 saturated heterocycles. The van der Waals surface area contributed by atoms with Crippen LogP contribution in [0.1, 0.15) is 20.0 Å². The third-order valence-corrected chi connectivity index (χ3v) is 5.88. The number of rotatable bonds is 6. The zero-order valence-electron chi connectivity index (χ0n) is 17.4. The predicted octanol–water partition coefficient (Wildman–Crippen LogP) is 6.21. The van der Waals surface area contributed by atoms with Crippen molar-refractivity contribution >= 4 is 34.5 Å². The fourth-order valence-electron chi connectivity index (χ4n) is 3.13.